The molecule has 0 atom stereocenters. The lowest BCUT2D eigenvalue weighted by atomic mass is 9.96. The molecule has 1 aromatic carbocycles. The number of nitrogens with one attached hydrogen (secondary N) is 1. The quantitative estimate of drug-likeness (QED) is 0.655. The van der Waals surface area contributed by atoms with Crippen LogP contribution in [-0.2, 0) is 9.59 Å². The van der Waals surface area contributed by atoms with Crippen LogP contribution in [0.4, 0.5) is 5.69 Å². The van der Waals surface area contributed by atoms with Crippen molar-refractivity contribution >= 4 is 29.3 Å². The van der Waals surface area contributed by atoms with E-state index in [0.29, 0.717) is 6.54 Å². The molecule has 0 aromatic heterocycles. The second-order valence-electron chi connectivity index (χ2n) is 6.57. The Morgan fingerprint density at radius 2 is 1.88 bits per heavy atom. The Balaban J connectivity index is 1.99. The highest BCUT2D eigenvalue weighted by molar-refractivity contribution is 7.98. The number of carbonyl (C=O) groups excluding carboxylic acids is 2. The van der Waals surface area contributed by atoms with Crippen LogP contribution in [0.3, 0.4) is 0 Å². The fourth-order valence-corrected chi connectivity index (χ4v) is 3.68. The number of benzene rings is 1. The molecule has 6 heteroatoms. The molecule has 0 heterocycles. The van der Waals surface area contributed by atoms with Crippen LogP contribution in [0.25, 0.3) is 0 Å². The lowest BCUT2D eigenvalue weighted by Gasteiger charge is -2.36. The monoisotopic (exact) mass is 349 g/mol. The third kappa shape index (κ3) is 4.11. The van der Waals surface area contributed by atoms with Crippen LogP contribution >= 0.6 is 11.8 Å². The summed E-state index contributed by atoms with van der Waals surface area (Å²) in [6.07, 6.45) is 6.43. The van der Waals surface area contributed by atoms with Crippen molar-refractivity contribution in [3.8, 4) is 0 Å². The number of carbonyl (C=O) groups is 2. The first kappa shape index (κ1) is 18.8. The highest BCUT2D eigenvalue weighted by Gasteiger charge is 2.36. The summed E-state index contributed by atoms with van der Waals surface area (Å²) in [5.41, 5.74) is 0.706. The van der Waals surface area contributed by atoms with Crippen molar-refractivity contribution in [3.05, 3.63) is 24.3 Å². The van der Waals surface area contributed by atoms with Crippen molar-refractivity contribution in [1.29, 1.82) is 0 Å². The number of thioether (sulfide) groups is 1. The van der Waals surface area contributed by atoms with Gasteiger partial charge in [-0.2, -0.15) is 0 Å². The van der Waals surface area contributed by atoms with Gasteiger partial charge in [0.05, 0.1) is 0 Å². The number of hydrogen-bond acceptors (Lipinski definition) is 4. The van der Waals surface area contributed by atoms with Crippen LogP contribution in [0.15, 0.2) is 29.2 Å². The van der Waals surface area contributed by atoms with Crippen LogP contribution in [0.5, 0.6) is 0 Å². The van der Waals surface area contributed by atoms with Gasteiger partial charge in [-0.05, 0) is 51.4 Å². The van der Waals surface area contributed by atoms with E-state index >= 15 is 0 Å². The minimum atomic E-state index is -0.542. The minimum absolute atomic E-state index is 0.0206. The SMILES string of the molecule is CSc1cccc(N(C)C(=O)C(=O)NCC2(N(C)C)CCCC2)c1. The van der Waals surface area contributed by atoms with Gasteiger partial charge in [-0.3, -0.25) is 9.59 Å². The zero-order valence-electron chi connectivity index (χ0n) is 15.0. The van der Waals surface area contributed by atoms with Crippen molar-refractivity contribution in [3.63, 3.8) is 0 Å². The first-order valence-corrected chi connectivity index (χ1v) is 9.49. The van der Waals surface area contributed by atoms with Gasteiger partial charge >= 0.3 is 11.8 Å². The Kier molecular flexibility index (Phi) is 6.29. The number of anilines is 1. The fraction of sp³-hybridized carbons (Fsp3) is 0.556. The van der Waals surface area contributed by atoms with E-state index in [2.05, 4.69) is 10.2 Å². The zero-order chi connectivity index (χ0) is 17.7. The average molecular weight is 350 g/mol. The summed E-state index contributed by atoms with van der Waals surface area (Å²) in [5, 5.41) is 2.85. The van der Waals surface area contributed by atoms with E-state index in [1.807, 2.05) is 44.6 Å². The fourth-order valence-electron chi connectivity index (χ4n) is 3.22. The maximum atomic E-state index is 12.4. The molecule has 0 spiro atoms. The van der Waals surface area contributed by atoms with E-state index in [1.165, 1.54) is 17.7 Å². The topological polar surface area (TPSA) is 52.7 Å². The van der Waals surface area contributed by atoms with Crippen LogP contribution in [0.1, 0.15) is 25.7 Å². The smallest absolute Gasteiger partial charge is 0.316 e. The van der Waals surface area contributed by atoms with E-state index in [9.17, 15) is 9.59 Å². The molecule has 1 aromatic rings. The van der Waals surface area contributed by atoms with Crippen molar-refractivity contribution in [2.45, 2.75) is 36.1 Å². The van der Waals surface area contributed by atoms with Gasteiger partial charge in [-0.15, -0.1) is 11.8 Å². The van der Waals surface area contributed by atoms with Crippen LogP contribution in [0, 0.1) is 0 Å². The summed E-state index contributed by atoms with van der Waals surface area (Å²) in [5.74, 6) is -1.07. The van der Waals surface area contributed by atoms with E-state index in [1.54, 1.807) is 18.8 Å². The van der Waals surface area contributed by atoms with Crippen LogP contribution in [0.2, 0.25) is 0 Å². The number of amides is 2. The van der Waals surface area contributed by atoms with Crippen LogP contribution < -0.4 is 10.2 Å². The lowest BCUT2D eigenvalue weighted by molar-refractivity contribution is -0.137. The van der Waals surface area contributed by atoms with Gasteiger partial charge < -0.3 is 15.1 Å². The molecule has 0 unspecified atom stereocenters. The third-order valence-electron chi connectivity index (χ3n) is 5.00. The second-order valence-corrected chi connectivity index (χ2v) is 7.45. The van der Waals surface area contributed by atoms with Crippen molar-refractivity contribution in [2.75, 3.05) is 38.8 Å². The van der Waals surface area contributed by atoms with Gasteiger partial charge in [0.2, 0.25) is 0 Å². The van der Waals surface area contributed by atoms with Gasteiger partial charge in [0.1, 0.15) is 0 Å². The van der Waals surface area contributed by atoms with Gasteiger partial charge in [0.25, 0.3) is 0 Å². The van der Waals surface area contributed by atoms with Gasteiger partial charge in [0.15, 0.2) is 0 Å². The lowest BCUT2D eigenvalue weighted by Crippen LogP contribution is -2.53. The first-order valence-electron chi connectivity index (χ1n) is 8.27. The highest BCUT2D eigenvalue weighted by atomic mass is 32.2. The molecule has 24 heavy (non-hydrogen) atoms. The molecule has 1 aliphatic rings. The maximum absolute atomic E-state index is 12.4. The molecule has 0 aliphatic heterocycles. The summed E-state index contributed by atoms with van der Waals surface area (Å²) >= 11 is 1.61. The number of rotatable bonds is 5. The molecular formula is C18H27N3O2S. The van der Waals surface area contributed by atoms with Crippen molar-refractivity contribution in [1.82, 2.24) is 10.2 Å². The van der Waals surface area contributed by atoms with Crippen molar-refractivity contribution < 1.29 is 9.59 Å². The third-order valence-corrected chi connectivity index (χ3v) is 5.73. The molecule has 2 rings (SSSR count). The Bertz CT molecular complexity index is 598. The summed E-state index contributed by atoms with van der Waals surface area (Å²) in [6.45, 7) is 0.517. The minimum Gasteiger partial charge on any atom is -0.346 e. The van der Waals surface area contributed by atoms with Gasteiger partial charge in [-0.25, -0.2) is 0 Å². The van der Waals surface area contributed by atoms with E-state index in [0.717, 1.165) is 23.4 Å². The predicted molar refractivity (Wildman–Crippen MR) is 99.5 cm³/mol. The van der Waals surface area contributed by atoms with Gasteiger partial charge in [-0.1, -0.05) is 18.9 Å². The van der Waals surface area contributed by atoms with E-state index in [-0.39, 0.29) is 5.54 Å². The van der Waals surface area contributed by atoms with Crippen molar-refractivity contribution in [2.24, 2.45) is 0 Å². The molecule has 5 nitrogen and oxygen atoms in total. The number of nitrogens with zero attached hydrogens (tertiary/aromatic N) is 2. The molecule has 1 fully saturated rings. The number of likely N-dealkylation sites (N-methyl/N-ethyl adjacent to an activating group) is 2. The summed E-state index contributed by atoms with van der Waals surface area (Å²) < 4.78 is 0. The summed E-state index contributed by atoms with van der Waals surface area (Å²) in [6, 6.07) is 7.62. The molecule has 1 aliphatic carbocycles. The Labute approximate surface area is 148 Å². The maximum Gasteiger partial charge on any atom is 0.316 e. The van der Waals surface area contributed by atoms with Crippen LogP contribution in [-0.4, -0.2) is 56.2 Å². The Hall–Kier alpha value is -1.53. The molecule has 0 radical (unpaired) electrons. The molecule has 1 N–H and O–H groups in total. The Morgan fingerprint density at radius 3 is 2.46 bits per heavy atom. The first-order chi connectivity index (χ1) is 11.4. The summed E-state index contributed by atoms with van der Waals surface area (Å²) in [4.78, 5) is 29.4. The van der Waals surface area contributed by atoms with E-state index in [4.69, 9.17) is 0 Å². The average Bonchev–Trinajstić information content (AvgIpc) is 3.08. The molecule has 1 saturated carbocycles. The molecule has 0 bridgehead atoms. The predicted octanol–water partition coefficient (Wildman–Crippen LogP) is 2.36. The molecule has 2 amide bonds. The second kappa shape index (κ2) is 8.03. The standard InChI is InChI=1S/C18H27N3O2S/c1-20(2)18(10-5-6-11-18)13-19-16(22)17(23)21(3)14-8-7-9-15(12-14)24-4/h7-9,12H,5-6,10-11,13H2,1-4H3,(H,19,22). The largest absolute Gasteiger partial charge is 0.346 e. The highest BCUT2D eigenvalue weighted by Crippen LogP contribution is 2.33. The zero-order valence-corrected chi connectivity index (χ0v) is 15.8. The summed E-state index contributed by atoms with van der Waals surface area (Å²) in [7, 11) is 5.72. The molecule has 132 valence electrons. The molecular weight excluding hydrogens is 322 g/mol. The number of hydrogen-bond donors (Lipinski definition) is 1. The normalized spacial score (nSPS) is 16.2. The Morgan fingerprint density at radius 1 is 1.21 bits per heavy atom. The van der Waals surface area contributed by atoms with E-state index < -0.39 is 11.8 Å². The molecule has 0 saturated heterocycles. The van der Waals surface area contributed by atoms with Gasteiger partial charge in [0, 0.05) is 29.7 Å².